The van der Waals surface area contributed by atoms with Crippen LogP contribution < -0.4 is 0 Å². The number of rotatable bonds is 5. The number of sulfone groups is 1. The Morgan fingerprint density at radius 3 is 2.53 bits per heavy atom. The third-order valence-electron chi connectivity index (χ3n) is 9.60. The molecule has 1 heterocycles. The van der Waals surface area contributed by atoms with E-state index in [1.54, 1.807) is 0 Å². The number of hydrogen-bond donors (Lipinski definition) is 1. The van der Waals surface area contributed by atoms with Crippen molar-refractivity contribution in [2.24, 2.45) is 35.0 Å². The van der Waals surface area contributed by atoms with Gasteiger partial charge in [0.1, 0.15) is 5.25 Å². The van der Waals surface area contributed by atoms with Crippen LogP contribution in [0.5, 0.6) is 0 Å². The zero-order chi connectivity index (χ0) is 23.3. The van der Waals surface area contributed by atoms with Crippen LogP contribution in [0.4, 0.5) is 0 Å². The van der Waals surface area contributed by atoms with E-state index in [-0.39, 0.29) is 17.3 Å². The summed E-state index contributed by atoms with van der Waals surface area (Å²) >= 11 is 0. The minimum atomic E-state index is -3.17. The van der Waals surface area contributed by atoms with Crippen LogP contribution in [0.1, 0.15) is 86.0 Å². The Hall–Kier alpha value is -0.870. The Morgan fingerprint density at radius 1 is 1.06 bits per heavy atom. The van der Waals surface area contributed by atoms with Gasteiger partial charge in [0.25, 0.3) is 0 Å². The molecule has 1 N–H and O–H groups in total. The van der Waals surface area contributed by atoms with Crippen molar-refractivity contribution in [1.29, 1.82) is 0 Å². The summed E-state index contributed by atoms with van der Waals surface area (Å²) in [6, 6.07) is 0. The normalized spacial score (nSPS) is 40.2. The van der Waals surface area contributed by atoms with Crippen LogP contribution in [0.15, 0.2) is 34.9 Å². The fourth-order valence-electron chi connectivity index (χ4n) is 7.28. The summed E-state index contributed by atoms with van der Waals surface area (Å²) in [5.41, 5.74) is 3.78. The minimum absolute atomic E-state index is 0.212. The summed E-state index contributed by atoms with van der Waals surface area (Å²) in [6.07, 6.45) is 14.5. The highest BCUT2D eigenvalue weighted by atomic mass is 32.2. The summed E-state index contributed by atoms with van der Waals surface area (Å²) in [5.74, 6) is 3.21. The van der Waals surface area contributed by atoms with Crippen molar-refractivity contribution < 1.29 is 13.5 Å². The maximum atomic E-state index is 13.1. The van der Waals surface area contributed by atoms with Crippen molar-refractivity contribution in [3.8, 4) is 0 Å². The van der Waals surface area contributed by atoms with Gasteiger partial charge in [-0.3, -0.25) is 0 Å². The lowest BCUT2D eigenvalue weighted by molar-refractivity contribution is 0.111. The van der Waals surface area contributed by atoms with Gasteiger partial charge in [0.05, 0.1) is 11.9 Å². The fraction of sp³-hybridized carbons (Fsp3) is 0.786. The first-order valence-electron chi connectivity index (χ1n) is 13.0. The average Bonchev–Trinajstić information content (AvgIpc) is 3.20. The zero-order valence-corrected chi connectivity index (χ0v) is 21.6. The second-order valence-corrected chi connectivity index (χ2v) is 14.1. The quantitative estimate of drug-likeness (QED) is 0.493. The minimum Gasteiger partial charge on any atom is -0.393 e. The molecule has 4 rings (SSSR count). The van der Waals surface area contributed by atoms with Gasteiger partial charge in [-0.2, -0.15) is 0 Å². The molecule has 0 amide bonds. The lowest BCUT2D eigenvalue weighted by Crippen LogP contribution is -2.36. The molecule has 4 aliphatic rings. The van der Waals surface area contributed by atoms with Gasteiger partial charge in [0.15, 0.2) is 9.84 Å². The van der Waals surface area contributed by atoms with E-state index < -0.39 is 15.1 Å². The molecule has 2 fully saturated rings. The summed E-state index contributed by atoms with van der Waals surface area (Å²) in [6.45, 7) is 11.8. The number of aliphatic hydroxyl groups is 1. The molecule has 0 bridgehead atoms. The molecule has 1 aliphatic heterocycles. The first-order valence-corrected chi connectivity index (χ1v) is 14.7. The fourth-order valence-corrected chi connectivity index (χ4v) is 9.36. The van der Waals surface area contributed by atoms with Crippen molar-refractivity contribution in [1.82, 2.24) is 0 Å². The molecule has 4 heteroatoms. The van der Waals surface area contributed by atoms with Gasteiger partial charge < -0.3 is 5.11 Å². The lowest BCUT2D eigenvalue weighted by Gasteiger charge is -2.44. The third kappa shape index (κ3) is 4.43. The van der Waals surface area contributed by atoms with E-state index in [9.17, 15) is 13.5 Å². The van der Waals surface area contributed by atoms with Crippen molar-refractivity contribution in [2.75, 3.05) is 5.75 Å². The van der Waals surface area contributed by atoms with E-state index in [1.807, 2.05) is 0 Å². The van der Waals surface area contributed by atoms with Gasteiger partial charge in [0.2, 0.25) is 0 Å². The van der Waals surface area contributed by atoms with Gasteiger partial charge in [-0.05, 0) is 91.9 Å². The van der Waals surface area contributed by atoms with E-state index in [2.05, 4.69) is 52.8 Å². The molecule has 0 radical (unpaired) electrons. The predicted molar refractivity (Wildman–Crippen MR) is 133 cm³/mol. The van der Waals surface area contributed by atoms with E-state index in [1.165, 1.54) is 24.8 Å². The standard InChI is InChI=1S/C28H44O3S/c1-18(2)19(3)8-9-20(4)25-12-13-26-21(7-6-14-28(25,26)5)15-27-24-16-23(29)11-10-22(24)17-32(27,30)31/h8-9,15,18-20,23,25-27,29H,6-7,10-14,16-17H2,1-5H3/b9-8+,21-15-/t19-,20+,23-,25+,26-,27+,28+/m0/s1. The maximum Gasteiger partial charge on any atom is 0.164 e. The summed E-state index contributed by atoms with van der Waals surface area (Å²) in [4.78, 5) is 0. The van der Waals surface area contributed by atoms with Crippen molar-refractivity contribution in [3.05, 3.63) is 34.9 Å². The predicted octanol–water partition coefficient (Wildman–Crippen LogP) is 6.25. The van der Waals surface area contributed by atoms with Crippen LogP contribution in [0.25, 0.3) is 0 Å². The van der Waals surface area contributed by atoms with Gasteiger partial charge in [-0.1, -0.05) is 64.0 Å². The van der Waals surface area contributed by atoms with Gasteiger partial charge in [-0.15, -0.1) is 0 Å². The Morgan fingerprint density at radius 2 is 1.81 bits per heavy atom. The van der Waals surface area contributed by atoms with Crippen molar-refractivity contribution in [3.63, 3.8) is 0 Å². The second-order valence-electron chi connectivity index (χ2n) is 11.9. The summed E-state index contributed by atoms with van der Waals surface area (Å²) in [5, 5.41) is 9.73. The maximum absolute atomic E-state index is 13.1. The molecule has 3 aliphatic carbocycles. The second kappa shape index (κ2) is 9.06. The molecule has 3 nitrogen and oxygen atoms in total. The first kappa shape index (κ1) is 24.3. The number of hydrogen-bond acceptors (Lipinski definition) is 3. The molecule has 32 heavy (non-hydrogen) atoms. The molecular weight excluding hydrogens is 416 g/mol. The smallest absolute Gasteiger partial charge is 0.164 e. The highest BCUT2D eigenvalue weighted by Gasteiger charge is 2.51. The Bertz CT molecular complexity index is 909. The van der Waals surface area contributed by atoms with Gasteiger partial charge >= 0.3 is 0 Å². The molecule has 0 saturated heterocycles. The van der Waals surface area contributed by atoms with E-state index in [4.69, 9.17) is 0 Å². The van der Waals surface area contributed by atoms with Gasteiger partial charge in [0, 0.05) is 0 Å². The molecule has 7 atom stereocenters. The topological polar surface area (TPSA) is 54.4 Å². The molecular formula is C28H44O3S. The molecule has 0 aromatic carbocycles. The summed E-state index contributed by atoms with van der Waals surface area (Å²) in [7, 11) is -3.17. The first-order chi connectivity index (χ1) is 15.0. The van der Waals surface area contributed by atoms with E-state index in [0.717, 1.165) is 30.4 Å². The number of allylic oxidation sites excluding steroid dienone is 3. The highest BCUT2D eigenvalue weighted by Crippen LogP contribution is 2.60. The van der Waals surface area contributed by atoms with E-state index >= 15 is 0 Å². The summed E-state index contributed by atoms with van der Waals surface area (Å²) < 4.78 is 26.2. The van der Waals surface area contributed by atoms with Crippen LogP contribution in [0.3, 0.4) is 0 Å². The average molecular weight is 461 g/mol. The third-order valence-corrected chi connectivity index (χ3v) is 11.5. The van der Waals surface area contributed by atoms with Crippen molar-refractivity contribution in [2.45, 2.75) is 97.3 Å². The van der Waals surface area contributed by atoms with E-state index in [0.29, 0.717) is 42.4 Å². The zero-order valence-electron chi connectivity index (χ0n) is 20.8. The van der Waals surface area contributed by atoms with Crippen LogP contribution in [0, 0.1) is 35.0 Å². The van der Waals surface area contributed by atoms with Crippen molar-refractivity contribution >= 4 is 9.84 Å². The Balaban J connectivity index is 1.58. The molecule has 0 aromatic rings. The van der Waals surface area contributed by atoms with Crippen LogP contribution in [-0.2, 0) is 9.84 Å². The van der Waals surface area contributed by atoms with Crippen LogP contribution in [-0.4, -0.2) is 30.6 Å². The van der Waals surface area contributed by atoms with Crippen LogP contribution in [0.2, 0.25) is 0 Å². The molecule has 0 aromatic heterocycles. The van der Waals surface area contributed by atoms with Crippen LogP contribution >= 0.6 is 0 Å². The largest absolute Gasteiger partial charge is 0.393 e. The number of fused-ring (bicyclic) bond motifs is 1. The highest BCUT2D eigenvalue weighted by molar-refractivity contribution is 7.92. The molecule has 2 saturated carbocycles. The van der Waals surface area contributed by atoms with Gasteiger partial charge in [-0.25, -0.2) is 8.42 Å². The Kier molecular flexibility index (Phi) is 6.87. The Labute approximate surface area is 196 Å². The molecule has 0 unspecified atom stereocenters. The SMILES string of the molecule is CC(C)[C@@H](C)/C=C/[C@@H](C)[C@H]1CC[C@H]2/C(=C\[C@@H]3C4=C(CC[C@H](O)C4)CS3(=O)=O)CCC[C@]12C. The monoisotopic (exact) mass is 460 g/mol. The molecule has 0 spiro atoms. The lowest BCUT2D eigenvalue weighted by atomic mass is 9.61. The number of aliphatic hydroxyl groups excluding tert-OH is 1. The molecule has 180 valence electrons.